The number of benzene rings is 3. The van der Waals surface area contributed by atoms with Crippen molar-refractivity contribution in [2.24, 2.45) is 0 Å². The van der Waals surface area contributed by atoms with Gasteiger partial charge in [0.15, 0.2) is 5.69 Å². The van der Waals surface area contributed by atoms with Gasteiger partial charge in [-0.3, -0.25) is 0 Å². The van der Waals surface area contributed by atoms with Gasteiger partial charge in [0.25, 0.3) is 0 Å². The fraction of sp³-hybridized carbons (Fsp3) is 0.200. The highest BCUT2D eigenvalue weighted by Gasteiger charge is 2.10. The molecule has 0 atom stereocenters. The maximum absolute atomic E-state index is 11.9. The molecule has 4 aromatic rings. The van der Waals surface area contributed by atoms with Crippen LogP contribution in [0, 0.1) is 0 Å². The Hall–Kier alpha value is -3.60. The summed E-state index contributed by atoms with van der Waals surface area (Å²) in [6.07, 6.45) is 4.15. The van der Waals surface area contributed by atoms with Gasteiger partial charge in [0.1, 0.15) is 12.4 Å². The zero-order valence-corrected chi connectivity index (χ0v) is 17.0. The summed E-state index contributed by atoms with van der Waals surface area (Å²) in [6, 6.07) is 22.6. The van der Waals surface area contributed by atoms with Crippen molar-refractivity contribution < 1.29 is 14.3 Å². The van der Waals surface area contributed by atoms with E-state index in [9.17, 15) is 4.79 Å². The van der Waals surface area contributed by atoms with Gasteiger partial charge in [0.05, 0.1) is 12.9 Å². The zero-order valence-electron chi connectivity index (χ0n) is 17.0. The maximum Gasteiger partial charge on any atom is 0.358 e. The predicted molar refractivity (Wildman–Crippen MR) is 117 cm³/mol. The van der Waals surface area contributed by atoms with Crippen LogP contribution in [0.1, 0.15) is 35.0 Å². The third-order valence-electron chi connectivity index (χ3n) is 4.79. The van der Waals surface area contributed by atoms with Crippen LogP contribution < -0.4 is 4.74 Å². The molecule has 5 nitrogen and oxygen atoms in total. The number of carbonyl (C=O) groups is 1. The van der Waals surface area contributed by atoms with Gasteiger partial charge < -0.3 is 14.0 Å². The fourth-order valence-electron chi connectivity index (χ4n) is 3.22. The van der Waals surface area contributed by atoms with Crippen LogP contribution in [0.5, 0.6) is 5.75 Å². The molecule has 0 fully saturated rings. The lowest BCUT2D eigenvalue weighted by molar-refractivity contribution is 0.0498. The lowest BCUT2D eigenvalue weighted by Crippen LogP contribution is -2.06. The Bertz CT molecular complexity index is 1130. The van der Waals surface area contributed by atoms with E-state index in [2.05, 4.69) is 35.3 Å². The molecule has 0 radical (unpaired) electrons. The predicted octanol–water partition coefficient (Wildman–Crippen LogP) is 5.23. The first-order chi connectivity index (χ1) is 14.7. The smallest absolute Gasteiger partial charge is 0.358 e. The van der Waals surface area contributed by atoms with Crippen molar-refractivity contribution in [1.82, 2.24) is 9.55 Å². The van der Waals surface area contributed by atoms with Crippen molar-refractivity contribution in [1.29, 1.82) is 0 Å². The SMILES string of the molecule is CCCOC(=O)c1cn(Cc2ccc(OCc3ccc4ccccc4c3)cc2)cn1. The summed E-state index contributed by atoms with van der Waals surface area (Å²) in [5.74, 6) is 0.439. The van der Waals surface area contributed by atoms with E-state index in [1.54, 1.807) is 12.5 Å². The molecule has 30 heavy (non-hydrogen) atoms. The highest BCUT2D eigenvalue weighted by Crippen LogP contribution is 2.19. The van der Waals surface area contributed by atoms with Gasteiger partial charge >= 0.3 is 5.97 Å². The summed E-state index contributed by atoms with van der Waals surface area (Å²) < 4.78 is 12.9. The van der Waals surface area contributed by atoms with Crippen LogP contribution in [0.25, 0.3) is 10.8 Å². The quantitative estimate of drug-likeness (QED) is 0.380. The van der Waals surface area contributed by atoms with Crippen molar-refractivity contribution in [3.63, 3.8) is 0 Å². The molecule has 152 valence electrons. The Morgan fingerprint density at radius 2 is 1.73 bits per heavy atom. The third kappa shape index (κ3) is 4.87. The number of imidazole rings is 1. The van der Waals surface area contributed by atoms with Gasteiger partial charge in [-0.1, -0.05) is 55.5 Å². The van der Waals surface area contributed by atoms with E-state index in [0.717, 1.165) is 23.3 Å². The van der Waals surface area contributed by atoms with E-state index in [1.807, 2.05) is 47.9 Å². The topological polar surface area (TPSA) is 53.4 Å². The number of nitrogens with zero attached hydrogens (tertiary/aromatic N) is 2. The van der Waals surface area contributed by atoms with E-state index in [4.69, 9.17) is 9.47 Å². The molecule has 0 amide bonds. The van der Waals surface area contributed by atoms with Crippen LogP contribution >= 0.6 is 0 Å². The molecule has 3 aromatic carbocycles. The molecule has 0 aliphatic carbocycles. The summed E-state index contributed by atoms with van der Waals surface area (Å²) in [7, 11) is 0. The molecular formula is C25H24N2O3. The number of fused-ring (bicyclic) bond motifs is 1. The fourth-order valence-corrected chi connectivity index (χ4v) is 3.22. The zero-order chi connectivity index (χ0) is 20.8. The van der Waals surface area contributed by atoms with Crippen molar-refractivity contribution in [3.8, 4) is 5.75 Å². The Morgan fingerprint density at radius 1 is 0.967 bits per heavy atom. The van der Waals surface area contributed by atoms with E-state index < -0.39 is 0 Å². The van der Waals surface area contributed by atoms with Crippen LogP contribution in [-0.2, 0) is 17.9 Å². The summed E-state index contributed by atoms with van der Waals surface area (Å²) in [4.78, 5) is 16.0. The minimum atomic E-state index is -0.381. The Labute approximate surface area is 175 Å². The summed E-state index contributed by atoms with van der Waals surface area (Å²) in [5, 5.41) is 2.44. The second-order valence-corrected chi connectivity index (χ2v) is 7.18. The van der Waals surface area contributed by atoms with Crippen LogP contribution in [0.15, 0.2) is 79.3 Å². The third-order valence-corrected chi connectivity index (χ3v) is 4.79. The molecule has 0 bridgehead atoms. The molecule has 5 heteroatoms. The average Bonchev–Trinajstić information content (AvgIpc) is 3.25. The number of hydrogen-bond acceptors (Lipinski definition) is 4. The van der Waals surface area contributed by atoms with Gasteiger partial charge in [-0.2, -0.15) is 0 Å². The monoisotopic (exact) mass is 400 g/mol. The summed E-state index contributed by atoms with van der Waals surface area (Å²) in [5.41, 5.74) is 2.57. The second-order valence-electron chi connectivity index (χ2n) is 7.18. The average molecular weight is 400 g/mol. The molecule has 1 aromatic heterocycles. The number of carbonyl (C=O) groups excluding carboxylic acids is 1. The highest BCUT2D eigenvalue weighted by atomic mass is 16.5. The lowest BCUT2D eigenvalue weighted by Gasteiger charge is -2.09. The molecule has 0 aliphatic heterocycles. The molecule has 0 N–H and O–H groups in total. The van der Waals surface area contributed by atoms with Gasteiger partial charge in [-0.05, 0) is 46.5 Å². The van der Waals surface area contributed by atoms with E-state index in [1.165, 1.54) is 10.8 Å². The normalized spacial score (nSPS) is 10.8. The second kappa shape index (κ2) is 9.27. The highest BCUT2D eigenvalue weighted by molar-refractivity contribution is 5.86. The minimum absolute atomic E-state index is 0.332. The molecular weight excluding hydrogens is 376 g/mol. The van der Waals surface area contributed by atoms with Gasteiger partial charge in [-0.25, -0.2) is 9.78 Å². The first-order valence-corrected chi connectivity index (χ1v) is 10.1. The van der Waals surface area contributed by atoms with Crippen molar-refractivity contribution in [2.45, 2.75) is 26.5 Å². The van der Waals surface area contributed by atoms with Crippen molar-refractivity contribution in [2.75, 3.05) is 6.61 Å². The van der Waals surface area contributed by atoms with E-state index >= 15 is 0 Å². The molecule has 4 rings (SSSR count). The van der Waals surface area contributed by atoms with E-state index in [-0.39, 0.29) is 5.97 Å². The first kappa shape index (κ1) is 19.7. The summed E-state index contributed by atoms with van der Waals surface area (Å²) >= 11 is 0. The van der Waals surface area contributed by atoms with Crippen LogP contribution in [0.4, 0.5) is 0 Å². The van der Waals surface area contributed by atoms with Crippen LogP contribution in [0.3, 0.4) is 0 Å². The lowest BCUT2D eigenvalue weighted by atomic mass is 10.1. The molecule has 0 aliphatic rings. The molecule has 0 saturated carbocycles. The Morgan fingerprint density at radius 3 is 2.53 bits per heavy atom. The van der Waals surface area contributed by atoms with Crippen LogP contribution in [0.2, 0.25) is 0 Å². The number of esters is 1. The van der Waals surface area contributed by atoms with Crippen molar-refractivity contribution >= 4 is 16.7 Å². The molecule has 1 heterocycles. The van der Waals surface area contributed by atoms with E-state index in [0.29, 0.717) is 25.5 Å². The minimum Gasteiger partial charge on any atom is -0.489 e. The number of ether oxygens (including phenoxy) is 2. The van der Waals surface area contributed by atoms with Gasteiger partial charge in [-0.15, -0.1) is 0 Å². The largest absolute Gasteiger partial charge is 0.489 e. The number of aromatic nitrogens is 2. The summed E-state index contributed by atoms with van der Waals surface area (Å²) in [6.45, 7) is 3.52. The van der Waals surface area contributed by atoms with Crippen LogP contribution in [-0.4, -0.2) is 22.1 Å². The Balaban J connectivity index is 1.33. The van der Waals surface area contributed by atoms with Gasteiger partial charge in [0, 0.05) is 12.7 Å². The standard InChI is InChI=1S/C25H24N2O3/c1-2-13-29-25(28)24-16-27(18-26-24)15-19-8-11-23(12-9-19)30-17-20-7-10-21-5-3-4-6-22(21)14-20/h3-12,14,16,18H,2,13,15,17H2,1H3. The van der Waals surface area contributed by atoms with Crippen molar-refractivity contribution in [3.05, 3.63) is 96.1 Å². The first-order valence-electron chi connectivity index (χ1n) is 10.1. The number of rotatable bonds is 8. The molecule has 0 unspecified atom stereocenters. The van der Waals surface area contributed by atoms with Gasteiger partial charge in [0.2, 0.25) is 0 Å². The Kier molecular flexibility index (Phi) is 6.09. The molecule has 0 spiro atoms. The molecule has 0 saturated heterocycles. The maximum atomic E-state index is 11.9. The number of hydrogen-bond donors (Lipinski definition) is 0.